The molecule has 0 bridgehead atoms. The molecule has 0 heterocycles. The summed E-state index contributed by atoms with van der Waals surface area (Å²) >= 11 is 0. The number of methoxy groups -OCH3 is 1. The SMILES string of the molecule is CNC(Cc1ccccc1OC)C1(C)CCCCC1. The van der Waals surface area contributed by atoms with E-state index in [1.807, 2.05) is 6.07 Å². The zero-order valence-electron chi connectivity index (χ0n) is 12.5. The Balaban J connectivity index is 2.14. The molecule has 0 aliphatic heterocycles. The van der Waals surface area contributed by atoms with Gasteiger partial charge < -0.3 is 10.1 Å². The summed E-state index contributed by atoms with van der Waals surface area (Å²) in [6, 6.07) is 8.93. The predicted molar refractivity (Wildman–Crippen MR) is 80.7 cm³/mol. The van der Waals surface area contributed by atoms with Gasteiger partial charge in [-0.1, -0.05) is 44.4 Å². The highest BCUT2D eigenvalue weighted by Gasteiger charge is 2.34. The van der Waals surface area contributed by atoms with Crippen molar-refractivity contribution in [3.63, 3.8) is 0 Å². The smallest absolute Gasteiger partial charge is 0.122 e. The molecule has 0 saturated heterocycles. The first kappa shape index (κ1) is 14.4. The quantitative estimate of drug-likeness (QED) is 0.870. The molecular formula is C17H27NO. The lowest BCUT2D eigenvalue weighted by atomic mass is 9.69. The molecule has 1 unspecified atom stereocenters. The Hall–Kier alpha value is -1.02. The summed E-state index contributed by atoms with van der Waals surface area (Å²) in [6.07, 6.45) is 7.89. The van der Waals surface area contributed by atoms with Crippen LogP contribution in [0.15, 0.2) is 24.3 Å². The van der Waals surface area contributed by atoms with Gasteiger partial charge in [-0.15, -0.1) is 0 Å². The lowest BCUT2D eigenvalue weighted by molar-refractivity contribution is 0.148. The van der Waals surface area contributed by atoms with Crippen LogP contribution in [0.5, 0.6) is 5.75 Å². The van der Waals surface area contributed by atoms with Crippen LogP contribution in [0.4, 0.5) is 0 Å². The standard InChI is InChI=1S/C17H27NO/c1-17(11-7-4-8-12-17)16(18-2)13-14-9-5-6-10-15(14)19-3/h5-6,9-10,16,18H,4,7-8,11-13H2,1-3H3. The molecule has 1 saturated carbocycles. The molecule has 1 atom stereocenters. The van der Waals surface area contributed by atoms with Gasteiger partial charge in [-0.2, -0.15) is 0 Å². The van der Waals surface area contributed by atoms with Crippen molar-refractivity contribution in [2.75, 3.05) is 14.2 Å². The van der Waals surface area contributed by atoms with Crippen LogP contribution in [0.25, 0.3) is 0 Å². The van der Waals surface area contributed by atoms with E-state index < -0.39 is 0 Å². The summed E-state index contributed by atoms with van der Waals surface area (Å²) in [6.45, 7) is 2.45. The molecule has 0 aromatic heterocycles. The molecule has 1 aromatic carbocycles. The summed E-state index contributed by atoms with van der Waals surface area (Å²) in [4.78, 5) is 0. The monoisotopic (exact) mass is 261 g/mol. The molecule has 19 heavy (non-hydrogen) atoms. The Morgan fingerprint density at radius 1 is 1.21 bits per heavy atom. The van der Waals surface area contributed by atoms with Crippen molar-refractivity contribution in [3.8, 4) is 5.75 Å². The fourth-order valence-electron chi connectivity index (χ4n) is 3.50. The van der Waals surface area contributed by atoms with Crippen molar-refractivity contribution in [2.24, 2.45) is 5.41 Å². The van der Waals surface area contributed by atoms with Crippen LogP contribution in [-0.4, -0.2) is 20.2 Å². The van der Waals surface area contributed by atoms with E-state index >= 15 is 0 Å². The van der Waals surface area contributed by atoms with Gasteiger partial charge in [0.05, 0.1) is 7.11 Å². The fraction of sp³-hybridized carbons (Fsp3) is 0.647. The van der Waals surface area contributed by atoms with E-state index in [4.69, 9.17) is 4.74 Å². The van der Waals surface area contributed by atoms with Crippen LogP contribution in [-0.2, 0) is 6.42 Å². The molecule has 1 N–H and O–H groups in total. The molecule has 1 aromatic rings. The van der Waals surface area contributed by atoms with Gasteiger partial charge in [0.1, 0.15) is 5.75 Å². The zero-order valence-corrected chi connectivity index (χ0v) is 12.5. The van der Waals surface area contributed by atoms with E-state index in [1.165, 1.54) is 37.7 Å². The average Bonchev–Trinajstić information content (AvgIpc) is 2.45. The molecule has 1 aliphatic carbocycles. The van der Waals surface area contributed by atoms with Gasteiger partial charge in [-0.05, 0) is 43.4 Å². The molecule has 0 amide bonds. The first-order valence-corrected chi connectivity index (χ1v) is 7.49. The number of para-hydroxylation sites is 1. The van der Waals surface area contributed by atoms with Crippen molar-refractivity contribution in [2.45, 2.75) is 51.5 Å². The van der Waals surface area contributed by atoms with Crippen molar-refractivity contribution >= 4 is 0 Å². The molecule has 0 spiro atoms. The molecule has 2 nitrogen and oxygen atoms in total. The zero-order chi connectivity index (χ0) is 13.7. The van der Waals surface area contributed by atoms with Crippen LogP contribution in [0.1, 0.15) is 44.6 Å². The number of ether oxygens (including phenoxy) is 1. The van der Waals surface area contributed by atoms with Gasteiger partial charge >= 0.3 is 0 Å². The van der Waals surface area contributed by atoms with E-state index in [0.29, 0.717) is 11.5 Å². The van der Waals surface area contributed by atoms with Crippen LogP contribution in [0.3, 0.4) is 0 Å². The first-order valence-electron chi connectivity index (χ1n) is 7.49. The minimum atomic E-state index is 0.424. The number of benzene rings is 1. The second-order valence-corrected chi connectivity index (χ2v) is 6.07. The third-order valence-electron chi connectivity index (χ3n) is 4.80. The second-order valence-electron chi connectivity index (χ2n) is 6.07. The summed E-state index contributed by atoms with van der Waals surface area (Å²) in [5.74, 6) is 1.02. The molecule has 2 heteroatoms. The van der Waals surface area contributed by atoms with Gasteiger partial charge in [0.2, 0.25) is 0 Å². The van der Waals surface area contributed by atoms with E-state index in [1.54, 1.807) is 7.11 Å². The number of hydrogen-bond donors (Lipinski definition) is 1. The topological polar surface area (TPSA) is 21.3 Å². The minimum Gasteiger partial charge on any atom is -0.496 e. The largest absolute Gasteiger partial charge is 0.496 e. The Morgan fingerprint density at radius 3 is 2.53 bits per heavy atom. The van der Waals surface area contributed by atoms with Crippen LogP contribution >= 0.6 is 0 Å². The van der Waals surface area contributed by atoms with Gasteiger partial charge in [0, 0.05) is 6.04 Å². The highest BCUT2D eigenvalue weighted by atomic mass is 16.5. The molecule has 2 rings (SSSR count). The van der Waals surface area contributed by atoms with E-state index in [0.717, 1.165) is 12.2 Å². The summed E-state index contributed by atoms with van der Waals surface area (Å²) in [5, 5.41) is 3.56. The lowest BCUT2D eigenvalue weighted by Gasteiger charge is -2.41. The maximum Gasteiger partial charge on any atom is 0.122 e. The van der Waals surface area contributed by atoms with Crippen LogP contribution in [0, 0.1) is 5.41 Å². The number of likely N-dealkylation sites (N-methyl/N-ethyl adjacent to an activating group) is 1. The maximum absolute atomic E-state index is 5.48. The Bertz CT molecular complexity index is 396. The van der Waals surface area contributed by atoms with E-state index in [-0.39, 0.29) is 0 Å². The molecule has 1 aliphatic rings. The minimum absolute atomic E-state index is 0.424. The highest BCUT2D eigenvalue weighted by Crippen LogP contribution is 2.40. The van der Waals surface area contributed by atoms with Gasteiger partial charge in [0.15, 0.2) is 0 Å². The first-order chi connectivity index (χ1) is 9.19. The highest BCUT2D eigenvalue weighted by molar-refractivity contribution is 5.34. The Morgan fingerprint density at radius 2 is 1.89 bits per heavy atom. The molecule has 0 radical (unpaired) electrons. The Kier molecular flexibility index (Phi) is 4.87. The summed E-state index contributed by atoms with van der Waals surface area (Å²) < 4.78 is 5.48. The van der Waals surface area contributed by atoms with Crippen molar-refractivity contribution < 1.29 is 4.74 Å². The third-order valence-corrected chi connectivity index (χ3v) is 4.80. The third kappa shape index (κ3) is 3.30. The van der Waals surface area contributed by atoms with Gasteiger partial charge in [-0.25, -0.2) is 0 Å². The fourth-order valence-corrected chi connectivity index (χ4v) is 3.50. The summed E-state index contributed by atoms with van der Waals surface area (Å²) in [5.41, 5.74) is 1.74. The predicted octanol–water partition coefficient (Wildman–Crippen LogP) is 3.80. The van der Waals surface area contributed by atoms with Gasteiger partial charge in [-0.3, -0.25) is 0 Å². The van der Waals surface area contributed by atoms with Gasteiger partial charge in [0.25, 0.3) is 0 Å². The van der Waals surface area contributed by atoms with Crippen molar-refractivity contribution in [1.82, 2.24) is 5.32 Å². The summed E-state index contributed by atoms with van der Waals surface area (Å²) in [7, 11) is 3.86. The van der Waals surface area contributed by atoms with Crippen molar-refractivity contribution in [3.05, 3.63) is 29.8 Å². The van der Waals surface area contributed by atoms with Crippen LogP contribution in [0.2, 0.25) is 0 Å². The maximum atomic E-state index is 5.48. The molecule has 1 fully saturated rings. The molecular weight excluding hydrogens is 234 g/mol. The Labute approximate surface area is 117 Å². The lowest BCUT2D eigenvalue weighted by Crippen LogP contribution is -2.44. The number of nitrogens with one attached hydrogen (secondary N) is 1. The van der Waals surface area contributed by atoms with Crippen LogP contribution < -0.4 is 10.1 Å². The molecule has 106 valence electrons. The second kappa shape index (κ2) is 6.42. The van der Waals surface area contributed by atoms with E-state index in [2.05, 4.69) is 37.5 Å². The van der Waals surface area contributed by atoms with Crippen molar-refractivity contribution in [1.29, 1.82) is 0 Å². The van der Waals surface area contributed by atoms with E-state index in [9.17, 15) is 0 Å². The number of hydrogen-bond acceptors (Lipinski definition) is 2. The number of rotatable bonds is 5. The average molecular weight is 261 g/mol. The normalized spacial score (nSPS) is 19.9.